The van der Waals surface area contributed by atoms with Crippen LogP contribution in [-0.2, 0) is 21.7 Å². The molecule has 0 bridgehead atoms. The van der Waals surface area contributed by atoms with Crippen LogP contribution in [0.15, 0.2) is 57.7 Å². The molecule has 1 aromatic heterocycles. The number of aryl methyl sites for hydroxylation is 1. The summed E-state index contributed by atoms with van der Waals surface area (Å²) < 4.78 is 6.69. The summed E-state index contributed by atoms with van der Waals surface area (Å²) >= 11 is 0. The molecule has 0 saturated carbocycles. The zero-order valence-corrected chi connectivity index (χ0v) is 16.2. The summed E-state index contributed by atoms with van der Waals surface area (Å²) in [4.78, 5) is 47.9. The predicted molar refractivity (Wildman–Crippen MR) is 109 cm³/mol. The maximum atomic E-state index is 12.3. The number of oxazole rings is 1. The number of rotatable bonds is 6. The monoisotopic (exact) mass is 408 g/mol. The van der Waals surface area contributed by atoms with E-state index in [1.165, 1.54) is 4.57 Å². The first-order valence-electron chi connectivity index (χ1n) is 9.49. The fourth-order valence-electron chi connectivity index (χ4n) is 3.50. The molecular weight excluding hydrogens is 388 g/mol. The van der Waals surface area contributed by atoms with E-state index in [-0.39, 0.29) is 12.3 Å². The molecule has 4 amide bonds. The molecule has 0 radical (unpaired) electrons. The standard InChI is InChI=1S/C21H20N4O5/c1-21(18(27)23-19(28)24-21)13-6-4-7-14(12-13)22-17(26)10-5-11-25-15-8-2-3-9-16(15)30-20(25)29/h2-4,6-9,12H,5,10-11H2,1H3,(H,22,26)(H2,23,24,27,28)/t21-/m0/s1. The smallest absolute Gasteiger partial charge is 0.408 e. The number of carbonyl (C=O) groups excluding carboxylic acids is 3. The molecular formula is C21H20N4O5. The quantitative estimate of drug-likeness (QED) is 0.539. The fraction of sp³-hybridized carbons (Fsp3) is 0.238. The summed E-state index contributed by atoms with van der Waals surface area (Å²) in [5.74, 6) is -1.12. The maximum absolute atomic E-state index is 12.3. The molecule has 1 atom stereocenters. The Morgan fingerprint density at radius 2 is 1.93 bits per heavy atom. The Hall–Kier alpha value is -3.88. The summed E-state index contributed by atoms with van der Waals surface area (Å²) in [6.07, 6.45) is 0.649. The van der Waals surface area contributed by atoms with Crippen molar-refractivity contribution in [3.63, 3.8) is 0 Å². The van der Waals surface area contributed by atoms with Gasteiger partial charge in [0.1, 0.15) is 5.54 Å². The van der Waals surface area contributed by atoms with Crippen molar-refractivity contribution in [1.29, 1.82) is 0 Å². The number of aromatic nitrogens is 1. The summed E-state index contributed by atoms with van der Waals surface area (Å²) in [5, 5.41) is 7.59. The SMILES string of the molecule is C[C@@]1(c2cccc(NC(=O)CCCn3c(=O)oc4ccccc43)c2)NC(=O)NC1=O. The predicted octanol–water partition coefficient (Wildman–Crippen LogP) is 2.07. The van der Waals surface area contributed by atoms with Gasteiger partial charge in [-0.1, -0.05) is 24.3 Å². The molecule has 1 aliphatic rings. The highest BCUT2D eigenvalue weighted by Crippen LogP contribution is 2.26. The molecule has 30 heavy (non-hydrogen) atoms. The Morgan fingerprint density at radius 3 is 2.70 bits per heavy atom. The van der Waals surface area contributed by atoms with Gasteiger partial charge in [-0.3, -0.25) is 19.5 Å². The highest BCUT2D eigenvalue weighted by Gasteiger charge is 2.43. The van der Waals surface area contributed by atoms with E-state index in [1.807, 2.05) is 6.07 Å². The van der Waals surface area contributed by atoms with Crippen LogP contribution >= 0.6 is 0 Å². The van der Waals surface area contributed by atoms with Gasteiger partial charge in [0.25, 0.3) is 5.91 Å². The second-order valence-electron chi connectivity index (χ2n) is 7.25. The van der Waals surface area contributed by atoms with Gasteiger partial charge in [-0.25, -0.2) is 9.59 Å². The van der Waals surface area contributed by atoms with E-state index in [0.29, 0.717) is 35.3 Å². The molecule has 1 fully saturated rings. The van der Waals surface area contributed by atoms with Gasteiger partial charge in [0.05, 0.1) is 5.52 Å². The Labute approximate surface area is 171 Å². The van der Waals surface area contributed by atoms with Gasteiger partial charge in [-0.05, 0) is 43.2 Å². The number of hydrogen-bond donors (Lipinski definition) is 3. The number of nitrogens with one attached hydrogen (secondary N) is 3. The van der Waals surface area contributed by atoms with Crippen molar-refractivity contribution >= 4 is 34.6 Å². The zero-order chi connectivity index (χ0) is 21.3. The van der Waals surface area contributed by atoms with Gasteiger partial charge in [0, 0.05) is 18.7 Å². The Kier molecular flexibility index (Phi) is 4.86. The number of para-hydroxylation sites is 2. The molecule has 9 nitrogen and oxygen atoms in total. The number of amides is 4. The molecule has 9 heteroatoms. The van der Waals surface area contributed by atoms with Gasteiger partial charge in [0.2, 0.25) is 5.91 Å². The molecule has 1 aliphatic heterocycles. The summed E-state index contributed by atoms with van der Waals surface area (Å²) in [6.45, 7) is 1.95. The third-order valence-electron chi connectivity index (χ3n) is 5.13. The molecule has 3 N–H and O–H groups in total. The summed E-state index contributed by atoms with van der Waals surface area (Å²) in [6, 6.07) is 13.3. The van der Waals surface area contributed by atoms with Gasteiger partial charge < -0.3 is 15.1 Å². The van der Waals surface area contributed by atoms with Gasteiger partial charge in [-0.15, -0.1) is 0 Å². The van der Waals surface area contributed by atoms with Crippen molar-refractivity contribution in [2.45, 2.75) is 31.8 Å². The molecule has 2 heterocycles. The van der Waals surface area contributed by atoms with Gasteiger partial charge >= 0.3 is 11.8 Å². The summed E-state index contributed by atoms with van der Waals surface area (Å²) in [7, 11) is 0. The van der Waals surface area contributed by atoms with Crippen LogP contribution in [0, 0.1) is 0 Å². The number of carbonyl (C=O) groups is 3. The normalized spacial score (nSPS) is 18.3. The van der Waals surface area contributed by atoms with Crippen molar-refractivity contribution in [2.75, 3.05) is 5.32 Å². The van der Waals surface area contributed by atoms with E-state index in [0.717, 1.165) is 0 Å². The third kappa shape index (κ3) is 3.57. The number of anilines is 1. The first-order chi connectivity index (χ1) is 14.4. The minimum absolute atomic E-state index is 0.199. The third-order valence-corrected chi connectivity index (χ3v) is 5.13. The van der Waals surface area contributed by atoms with Crippen LogP contribution in [0.1, 0.15) is 25.3 Å². The zero-order valence-electron chi connectivity index (χ0n) is 16.2. The highest BCUT2D eigenvalue weighted by atomic mass is 16.4. The average Bonchev–Trinajstić information content (AvgIpc) is 3.17. The lowest BCUT2D eigenvalue weighted by Crippen LogP contribution is -2.40. The van der Waals surface area contributed by atoms with E-state index in [2.05, 4.69) is 16.0 Å². The maximum Gasteiger partial charge on any atom is 0.419 e. The molecule has 0 unspecified atom stereocenters. The molecule has 1 saturated heterocycles. The van der Waals surface area contributed by atoms with E-state index < -0.39 is 23.2 Å². The number of hydrogen-bond acceptors (Lipinski definition) is 5. The van der Waals surface area contributed by atoms with Crippen LogP contribution in [0.25, 0.3) is 11.1 Å². The number of fused-ring (bicyclic) bond motifs is 1. The van der Waals surface area contributed by atoms with Crippen LogP contribution in [0.2, 0.25) is 0 Å². The highest BCUT2D eigenvalue weighted by molar-refractivity contribution is 6.07. The van der Waals surface area contributed by atoms with E-state index >= 15 is 0 Å². The van der Waals surface area contributed by atoms with Crippen LogP contribution in [-0.4, -0.2) is 22.4 Å². The number of urea groups is 1. The average molecular weight is 408 g/mol. The number of nitrogens with zero attached hydrogens (tertiary/aromatic N) is 1. The molecule has 154 valence electrons. The van der Waals surface area contributed by atoms with E-state index in [1.54, 1.807) is 49.4 Å². The lowest BCUT2D eigenvalue weighted by molar-refractivity contribution is -0.123. The largest absolute Gasteiger partial charge is 0.419 e. The van der Waals surface area contributed by atoms with E-state index in [4.69, 9.17) is 4.42 Å². The lowest BCUT2D eigenvalue weighted by Gasteiger charge is -2.21. The minimum atomic E-state index is -1.19. The van der Waals surface area contributed by atoms with Crippen molar-refractivity contribution in [1.82, 2.24) is 15.2 Å². The van der Waals surface area contributed by atoms with Crippen molar-refractivity contribution < 1.29 is 18.8 Å². The van der Waals surface area contributed by atoms with Gasteiger partial charge in [-0.2, -0.15) is 0 Å². The molecule has 2 aromatic carbocycles. The first-order valence-corrected chi connectivity index (χ1v) is 9.49. The van der Waals surface area contributed by atoms with E-state index in [9.17, 15) is 19.2 Å². The van der Waals surface area contributed by atoms with Crippen LogP contribution in [0.5, 0.6) is 0 Å². The van der Waals surface area contributed by atoms with Crippen LogP contribution in [0.3, 0.4) is 0 Å². The second kappa shape index (κ2) is 7.51. The minimum Gasteiger partial charge on any atom is -0.408 e. The Morgan fingerprint density at radius 1 is 1.13 bits per heavy atom. The second-order valence-corrected chi connectivity index (χ2v) is 7.25. The molecule has 3 aromatic rings. The van der Waals surface area contributed by atoms with Crippen LogP contribution in [0.4, 0.5) is 10.5 Å². The molecule has 0 aliphatic carbocycles. The topological polar surface area (TPSA) is 122 Å². The van der Waals surface area contributed by atoms with Crippen molar-refractivity contribution in [3.8, 4) is 0 Å². The number of imide groups is 1. The van der Waals surface area contributed by atoms with Crippen LogP contribution < -0.4 is 21.7 Å². The first kappa shape index (κ1) is 19.4. The lowest BCUT2D eigenvalue weighted by atomic mass is 9.92. The van der Waals surface area contributed by atoms with Crippen molar-refractivity contribution in [3.05, 3.63) is 64.6 Å². The fourth-order valence-corrected chi connectivity index (χ4v) is 3.50. The molecule has 4 rings (SSSR count). The Balaban J connectivity index is 1.39. The Bertz CT molecular complexity index is 1210. The molecule has 0 spiro atoms. The summed E-state index contributed by atoms with van der Waals surface area (Å²) in [5.41, 5.74) is 1.08. The van der Waals surface area contributed by atoms with Gasteiger partial charge in [0.15, 0.2) is 5.58 Å². The van der Waals surface area contributed by atoms with Crippen molar-refractivity contribution in [2.24, 2.45) is 0 Å². The number of benzene rings is 2.